The van der Waals surface area contributed by atoms with Gasteiger partial charge in [0, 0.05) is 38.6 Å². The van der Waals surface area contributed by atoms with E-state index in [1.54, 1.807) is 9.80 Å². The molecule has 21 heavy (non-hydrogen) atoms. The molecule has 7 heteroatoms. The first-order valence-electron chi connectivity index (χ1n) is 7.62. The summed E-state index contributed by atoms with van der Waals surface area (Å²) in [6.07, 6.45) is -1.66. The maximum Gasteiger partial charge on any atom is 0.390 e. The summed E-state index contributed by atoms with van der Waals surface area (Å²) >= 11 is 0. The van der Waals surface area contributed by atoms with Crippen molar-refractivity contribution in [2.24, 2.45) is 0 Å². The lowest BCUT2D eigenvalue weighted by Gasteiger charge is -2.39. The highest BCUT2D eigenvalue weighted by Crippen LogP contribution is 2.27. The third-order valence-corrected chi connectivity index (χ3v) is 4.32. The Hall–Kier alpha value is -0.820. The number of alkyl halides is 3. The Balaban J connectivity index is 1.80. The molecule has 1 amide bonds. The molecule has 2 aliphatic rings. The number of hydrogen-bond acceptors (Lipinski definition) is 3. The standard InChI is InChI=1S/C14H23F3N2O2/c15-14(16,17)6-8-18(11-3-1-4-11)9-12(20)10-19-7-2-5-13(19)21/h11-12,20H,1-10H2. The molecule has 2 rings (SSSR count). The molecule has 2 fully saturated rings. The van der Waals surface area contributed by atoms with Gasteiger partial charge in [-0.05, 0) is 19.3 Å². The molecule has 0 bridgehead atoms. The van der Waals surface area contributed by atoms with Gasteiger partial charge in [-0.2, -0.15) is 13.2 Å². The number of carbonyl (C=O) groups is 1. The van der Waals surface area contributed by atoms with Crippen LogP contribution in [0, 0.1) is 0 Å². The molecule has 4 nitrogen and oxygen atoms in total. The van der Waals surface area contributed by atoms with E-state index in [-0.39, 0.29) is 31.6 Å². The average molecular weight is 308 g/mol. The van der Waals surface area contributed by atoms with Crippen molar-refractivity contribution in [2.45, 2.75) is 56.8 Å². The Morgan fingerprint density at radius 1 is 1.33 bits per heavy atom. The maximum absolute atomic E-state index is 12.4. The number of hydrogen-bond donors (Lipinski definition) is 1. The van der Waals surface area contributed by atoms with Gasteiger partial charge in [0.2, 0.25) is 5.91 Å². The molecule has 1 N–H and O–H groups in total. The van der Waals surface area contributed by atoms with Crippen molar-refractivity contribution in [3.8, 4) is 0 Å². The van der Waals surface area contributed by atoms with Gasteiger partial charge in [0.05, 0.1) is 12.5 Å². The second-order valence-electron chi connectivity index (χ2n) is 6.04. The highest BCUT2D eigenvalue weighted by molar-refractivity contribution is 5.78. The zero-order chi connectivity index (χ0) is 15.5. The molecule has 1 heterocycles. The van der Waals surface area contributed by atoms with E-state index in [1.165, 1.54) is 0 Å². The zero-order valence-corrected chi connectivity index (χ0v) is 12.1. The van der Waals surface area contributed by atoms with Crippen LogP contribution in [0.4, 0.5) is 13.2 Å². The van der Waals surface area contributed by atoms with Crippen molar-refractivity contribution in [3.63, 3.8) is 0 Å². The normalized spacial score (nSPS) is 22.0. The lowest BCUT2D eigenvalue weighted by Crippen LogP contribution is -2.48. The number of carbonyl (C=O) groups excluding carboxylic acids is 1. The van der Waals surface area contributed by atoms with E-state index < -0.39 is 18.7 Å². The van der Waals surface area contributed by atoms with E-state index in [1.807, 2.05) is 0 Å². The van der Waals surface area contributed by atoms with Crippen LogP contribution in [0.1, 0.15) is 38.5 Å². The largest absolute Gasteiger partial charge is 0.390 e. The fourth-order valence-corrected chi connectivity index (χ4v) is 2.93. The zero-order valence-electron chi connectivity index (χ0n) is 12.1. The van der Waals surface area contributed by atoms with Gasteiger partial charge in [-0.3, -0.25) is 9.69 Å². The molecule has 1 unspecified atom stereocenters. The molecule has 1 saturated heterocycles. The predicted octanol–water partition coefficient (Wildman–Crippen LogP) is 1.78. The quantitative estimate of drug-likeness (QED) is 0.779. The van der Waals surface area contributed by atoms with Crippen molar-refractivity contribution in [1.29, 1.82) is 0 Å². The molecule has 1 aliphatic heterocycles. The minimum Gasteiger partial charge on any atom is -0.390 e. The first-order chi connectivity index (χ1) is 9.85. The van der Waals surface area contributed by atoms with Gasteiger partial charge in [-0.25, -0.2) is 0 Å². The molecular formula is C14H23F3N2O2. The number of likely N-dealkylation sites (tertiary alicyclic amines) is 1. The molecule has 1 saturated carbocycles. The summed E-state index contributed by atoms with van der Waals surface area (Å²) in [6.45, 7) is 1.01. The molecular weight excluding hydrogens is 285 g/mol. The summed E-state index contributed by atoms with van der Waals surface area (Å²) in [4.78, 5) is 14.8. The van der Waals surface area contributed by atoms with Crippen LogP contribution < -0.4 is 0 Å². The van der Waals surface area contributed by atoms with Crippen LogP contribution in [-0.2, 0) is 4.79 Å². The summed E-state index contributed by atoms with van der Waals surface area (Å²) in [7, 11) is 0. The molecule has 0 aromatic rings. The fourth-order valence-electron chi connectivity index (χ4n) is 2.93. The third kappa shape index (κ3) is 5.14. The first kappa shape index (κ1) is 16.5. The monoisotopic (exact) mass is 308 g/mol. The van der Waals surface area contributed by atoms with Gasteiger partial charge in [-0.15, -0.1) is 0 Å². The minimum absolute atomic E-state index is 0.0273. The number of β-amino-alcohol motifs (C(OH)–C–C–N with tert-alkyl or cyclic N) is 1. The van der Waals surface area contributed by atoms with Crippen LogP contribution in [-0.4, -0.2) is 65.3 Å². The van der Waals surface area contributed by atoms with Crippen LogP contribution in [0.2, 0.25) is 0 Å². The minimum atomic E-state index is -4.17. The molecule has 0 spiro atoms. The van der Waals surface area contributed by atoms with Crippen LogP contribution in [0.3, 0.4) is 0 Å². The predicted molar refractivity (Wildman–Crippen MR) is 71.7 cm³/mol. The molecule has 0 aromatic carbocycles. The van der Waals surface area contributed by atoms with Crippen LogP contribution in [0.5, 0.6) is 0 Å². The van der Waals surface area contributed by atoms with Gasteiger partial charge in [0.1, 0.15) is 0 Å². The molecule has 1 aliphatic carbocycles. The van der Waals surface area contributed by atoms with Gasteiger partial charge >= 0.3 is 6.18 Å². The number of aliphatic hydroxyl groups excluding tert-OH is 1. The summed E-state index contributed by atoms with van der Waals surface area (Å²) in [5.74, 6) is 0.0273. The number of amides is 1. The van der Waals surface area contributed by atoms with Gasteiger partial charge in [-0.1, -0.05) is 6.42 Å². The summed E-state index contributed by atoms with van der Waals surface area (Å²) < 4.78 is 37.1. The lowest BCUT2D eigenvalue weighted by molar-refractivity contribution is -0.141. The van der Waals surface area contributed by atoms with E-state index in [2.05, 4.69) is 0 Å². The van der Waals surface area contributed by atoms with Crippen molar-refractivity contribution in [1.82, 2.24) is 9.80 Å². The van der Waals surface area contributed by atoms with Crippen LogP contribution in [0.25, 0.3) is 0 Å². The maximum atomic E-state index is 12.4. The molecule has 0 radical (unpaired) electrons. The Bertz CT molecular complexity index is 359. The highest BCUT2D eigenvalue weighted by atomic mass is 19.4. The fraction of sp³-hybridized carbons (Fsp3) is 0.929. The number of nitrogens with zero attached hydrogens (tertiary/aromatic N) is 2. The van der Waals surface area contributed by atoms with E-state index in [0.717, 1.165) is 25.7 Å². The molecule has 1 atom stereocenters. The van der Waals surface area contributed by atoms with Gasteiger partial charge in [0.15, 0.2) is 0 Å². The van der Waals surface area contributed by atoms with E-state index in [4.69, 9.17) is 0 Å². The topological polar surface area (TPSA) is 43.8 Å². The SMILES string of the molecule is O=C1CCCN1CC(O)CN(CCC(F)(F)F)C1CCC1. The summed E-state index contributed by atoms with van der Waals surface area (Å²) in [6, 6.07) is 0.149. The van der Waals surface area contributed by atoms with E-state index in [9.17, 15) is 23.1 Å². The Labute approximate surface area is 122 Å². The smallest absolute Gasteiger partial charge is 0.390 e. The van der Waals surface area contributed by atoms with Gasteiger partial charge in [0.25, 0.3) is 0 Å². The van der Waals surface area contributed by atoms with E-state index >= 15 is 0 Å². The second-order valence-corrected chi connectivity index (χ2v) is 6.04. The number of halogens is 3. The Kier molecular flexibility index (Phi) is 5.48. The molecule has 0 aromatic heterocycles. The highest BCUT2D eigenvalue weighted by Gasteiger charge is 2.33. The van der Waals surface area contributed by atoms with Crippen molar-refractivity contribution in [3.05, 3.63) is 0 Å². The number of rotatable bonds is 7. The van der Waals surface area contributed by atoms with Crippen molar-refractivity contribution in [2.75, 3.05) is 26.2 Å². The third-order valence-electron chi connectivity index (χ3n) is 4.32. The molecule has 122 valence electrons. The average Bonchev–Trinajstić information content (AvgIpc) is 2.68. The lowest BCUT2D eigenvalue weighted by atomic mass is 9.91. The number of aliphatic hydroxyl groups is 1. The van der Waals surface area contributed by atoms with Gasteiger partial charge < -0.3 is 10.0 Å². The van der Waals surface area contributed by atoms with Crippen molar-refractivity contribution < 1.29 is 23.1 Å². The first-order valence-corrected chi connectivity index (χ1v) is 7.62. The van der Waals surface area contributed by atoms with Crippen LogP contribution in [0.15, 0.2) is 0 Å². The summed E-state index contributed by atoms with van der Waals surface area (Å²) in [5.41, 5.74) is 0. The van der Waals surface area contributed by atoms with Crippen molar-refractivity contribution >= 4 is 5.91 Å². The Morgan fingerprint density at radius 3 is 2.52 bits per heavy atom. The summed E-state index contributed by atoms with van der Waals surface area (Å²) in [5, 5.41) is 10.1. The Morgan fingerprint density at radius 2 is 2.05 bits per heavy atom. The van der Waals surface area contributed by atoms with Crippen LogP contribution >= 0.6 is 0 Å². The second kappa shape index (κ2) is 6.96. The van der Waals surface area contributed by atoms with E-state index in [0.29, 0.717) is 13.0 Å².